The molecular weight excluding hydrogens is 280 g/mol. The van der Waals surface area contributed by atoms with Gasteiger partial charge in [-0.1, -0.05) is 38.0 Å². The lowest BCUT2D eigenvalue weighted by molar-refractivity contribution is -0.144. The van der Waals surface area contributed by atoms with E-state index in [2.05, 4.69) is 6.92 Å². The summed E-state index contributed by atoms with van der Waals surface area (Å²) in [5, 5.41) is 0. The van der Waals surface area contributed by atoms with Crippen LogP contribution in [0.15, 0.2) is 30.3 Å². The Morgan fingerprint density at radius 2 is 1.64 bits per heavy atom. The topological polar surface area (TPSA) is 44.8 Å². The molecule has 0 saturated carbocycles. The Hall–Kier alpha value is -1.55. The van der Waals surface area contributed by atoms with Crippen LogP contribution in [-0.2, 0) is 14.3 Å². The SMILES string of the molecule is CCCCCC(=O)OCCCOCCCOc1ccccc1. The third-order valence-electron chi connectivity index (χ3n) is 3.13. The number of benzene rings is 1. The summed E-state index contributed by atoms with van der Waals surface area (Å²) < 4.78 is 16.2. The molecule has 0 bridgehead atoms. The zero-order chi connectivity index (χ0) is 15.9. The zero-order valence-electron chi connectivity index (χ0n) is 13.6. The number of carbonyl (C=O) groups excluding carboxylic acids is 1. The summed E-state index contributed by atoms with van der Waals surface area (Å²) in [5.41, 5.74) is 0. The van der Waals surface area contributed by atoms with Gasteiger partial charge in [0, 0.05) is 32.5 Å². The maximum Gasteiger partial charge on any atom is 0.305 e. The second-order valence-electron chi connectivity index (χ2n) is 5.16. The number of ether oxygens (including phenoxy) is 3. The third-order valence-corrected chi connectivity index (χ3v) is 3.13. The summed E-state index contributed by atoms with van der Waals surface area (Å²) >= 11 is 0. The third kappa shape index (κ3) is 10.2. The van der Waals surface area contributed by atoms with Gasteiger partial charge in [-0.15, -0.1) is 0 Å². The molecule has 0 fully saturated rings. The normalized spacial score (nSPS) is 10.4. The first-order chi connectivity index (χ1) is 10.8. The lowest BCUT2D eigenvalue weighted by Crippen LogP contribution is -2.09. The highest BCUT2D eigenvalue weighted by atomic mass is 16.5. The fraction of sp³-hybridized carbons (Fsp3) is 0.611. The number of hydrogen-bond donors (Lipinski definition) is 0. The van der Waals surface area contributed by atoms with E-state index in [0.29, 0.717) is 32.8 Å². The number of unbranched alkanes of at least 4 members (excludes halogenated alkanes) is 2. The predicted molar refractivity (Wildman–Crippen MR) is 87.1 cm³/mol. The minimum atomic E-state index is -0.0929. The van der Waals surface area contributed by atoms with Gasteiger partial charge in [0.05, 0.1) is 13.2 Å². The molecule has 0 atom stereocenters. The van der Waals surface area contributed by atoms with Crippen LogP contribution in [0.1, 0.15) is 45.4 Å². The summed E-state index contributed by atoms with van der Waals surface area (Å²) in [6.45, 7) is 4.50. The molecule has 0 heterocycles. The first-order valence-corrected chi connectivity index (χ1v) is 8.24. The smallest absolute Gasteiger partial charge is 0.305 e. The number of esters is 1. The number of hydrogen-bond acceptors (Lipinski definition) is 4. The van der Waals surface area contributed by atoms with Crippen molar-refractivity contribution in [2.45, 2.75) is 45.4 Å². The molecule has 1 aromatic carbocycles. The van der Waals surface area contributed by atoms with E-state index in [9.17, 15) is 4.79 Å². The molecule has 4 nitrogen and oxygen atoms in total. The standard InChI is InChI=1S/C18H28O4/c1-2-3-5-12-18(19)22-16-9-14-20-13-8-15-21-17-10-6-4-7-11-17/h4,6-7,10-11H,2-3,5,8-9,12-16H2,1H3. The van der Waals surface area contributed by atoms with Crippen LogP contribution in [-0.4, -0.2) is 32.4 Å². The van der Waals surface area contributed by atoms with Crippen LogP contribution in [0.2, 0.25) is 0 Å². The van der Waals surface area contributed by atoms with E-state index in [-0.39, 0.29) is 5.97 Å². The minimum absolute atomic E-state index is 0.0929. The molecule has 0 aliphatic rings. The lowest BCUT2D eigenvalue weighted by atomic mass is 10.2. The monoisotopic (exact) mass is 308 g/mol. The van der Waals surface area contributed by atoms with E-state index in [1.807, 2.05) is 30.3 Å². The van der Waals surface area contributed by atoms with Crippen LogP contribution in [0, 0.1) is 0 Å². The molecule has 1 rings (SSSR count). The van der Waals surface area contributed by atoms with E-state index in [1.54, 1.807) is 0 Å². The molecule has 0 N–H and O–H groups in total. The molecule has 0 spiro atoms. The highest BCUT2D eigenvalue weighted by Crippen LogP contribution is 2.08. The summed E-state index contributed by atoms with van der Waals surface area (Å²) in [4.78, 5) is 11.3. The highest BCUT2D eigenvalue weighted by molar-refractivity contribution is 5.69. The van der Waals surface area contributed by atoms with Crippen molar-refractivity contribution in [3.63, 3.8) is 0 Å². The van der Waals surface area contributed by atoms with Crippen molar-refractivity contribution in [3.8, 4) is 5.75 Å². The molecule has 0 aliphatic carbocycles. The van der Waals surface area contributed by atoms with Gasteiger partial charge in [-0.25, -0.2) is 0 Å². The molecule has 1 aromatic rings. The second-order valence-corrected chi connectivity index (χ2v) is 5.16. The minimum Gasteiger partial charge on any atom is -0.494 e. The van der Waals surface area contributed by atoms with Crippen molar-refractivity contribution < 1.29 is 19.0 Å². The van der Waals surface area contributed by atoms with E-state index in [4.69, 9.17) is 14.2 Å². The summed E-state index contributed by atoms with van der Waals surface area (Å²) in [6, 6.07) is 9.75. The van der Waals surface area contributed by atoms with Crippen molar-refractivity contribution >= 4 is 5.97 Å². The molecule has 124 valence electrons. The first kappa shape index (κ1) is 18.5. The van der Waals surface area contributed by atoms with Gasteiger partial charge in [0.15, 0.2) is 0 Å². The Kier molecular flexibility index (Phi) is 11.0. The quantitative estimate of drug-likeness (QED) is 0.408. The Bertz CT molecular complexity index is 378. The number of rotatable bonds is 13. The van der Waals surface area contributed by atoms with Crippen LogP contribution in [0.5, 0.6) is 5.75 Å². The molecule has 22 heavy (non-hydrogen) atoms. The summed E-state index contributed by atoms with van der Waals surface area (Å²) in [6.07, 6.45) is 5.27. The molecule has 0 aromatic heterocycles. The van der Waals surface area contributed by atoms with Crippen LogP contribution >= 0.6 is 0 Å². The molecule has 4 heteroatoms. The zero-order valence-corrected chi connectivity index (χ0v) is 13.6. The van der Waals surface area contributed by atoms with Gasteiger partial charge >= 0.3 is 5.97 Å². The lowest BCUT2D eigenvalue weighted by Gasteiger charge is -2.07. The van der Waals surface area contributed by atoms with Crippen LogP contribution < -0.4 is 4.74 Å². The van der Waals surface area contributed by atoms with Gasteiger partial charge < -0.3 is 14.2 Å². The number of para-hydroxylation sites is 1. The number of carbonyl (C=O) groups is 1. The molecule has 0 unspecified atom stereocenters. The van der Waals surface area contributed by atoms with E-state index in [0.717, 1.165) is 37.9 Å². The fourth-order valence-corrected chi connectivity index (χ4v) is 1.91. The van der Waals surface area contributed by atoms with Crippen LogP contribution in [0.3, 0.4) is 0 Å². The van der Waals surface area contributed by atoms with Crippen LogP contribution in [0.25, 0.3) is 0 Å². The summed E-state index contributed by atoms with van der Waals surface area (Å²) in [5.74, 6) is 0.794. The molecule has 0 amide bonds. The maximum atomic E-state index is 11.3. The maximum absolute atomic E-state index is 11.3. The Morgan fingerprint density at radius 1 is 0.909 bits per heavy atom. The van der Waals surface area contributed by atoms with Gasteiger partial charge in [0.1, 0.15) is 5.75 Å². The van der Waals surface area contributed by atoms with Gasteiger partial charge in [0.2, 0.25) is 0 Å². The highest BCUT2D eigenvalue weighted by Gasteiger charge is 2.01. The van der Waals surface area contributed by atoms with Crippen molar-refractivity contribution in [1.82, 2.24) is 0 Å². The van der Waals surface area contributed by atoms with Crippen molar-refractivity contribution in [3.05, 3.63) is 30.3 Å². The Morgan fingerprint density at radius 3 is 2.36 bits per heavy atom. The van der Waals surface area contributed by atoms with Gasteiger partial charge in [-0.2, -0.15) is 0 Å². The largest absolute Gasteiger partial charge is 0.494 e. The van der Waals surface area contributed by atoms with E-state index >= 15 is 0 Å². The fourth-order valence-electron chi connectivity index (χ4n) is 1.91. The molecule has 0 saturated heterocycles. The van der Waals surface area contributed by atoms with E-state index < -0.39 is 0 Å². The van der Waals surface area contributed by atoms with Gasteiger partial charge in [-0.05, 0) is 18.6 Å². The first-order valence-electron chi connectivity index (χ1n) is 8.24. The van der Waals surface area contributed by atoms with Crippen molar-refractivity contribution in [1.29, 1.82) is 0 Å². The Labute approximate surface area is 133 Å². The average Bonchev–Trinajstić information content (AvgIpc) is 2.54. The molecule has 0 radical (unpaired) electrons. The van der Waals surface area contributed by atoms with Gasteiger partial charge in [-0.3, -0.25) is 4.79 Å². The van der Waals surface area contributed by atoms with E-state index in [1.165, 1.54) is 0 Å². The van der Waals surface area contributed by atoms with Crippen molar-refractivity contribution in [2.75, 3.05) is 26.4 Å². The molecular formula is C18H28O4. The second kappa shape index (κ2) is 13.1. The molecule has 0 aliphatic heterocycles. The predicted octanol–water partition coefficient (Wildman–Crippen LogP) is 3.99. The summed E-state index contributed by atoms with van der Waals surface area (Å²) in [7, 11) is 0. The van der Waals surface area contributed by atoms with Crippen molar-refractivity contribution in [2.24, 2.45) is 0 Å². The Balaban J connectivity index is 1.82. The van der Waals surface area contributed by atoms with Crippen LogP contribution in [0.4, 0.5) is 0 Å². The average molecular weight is 308 g/mol. The van der Waals surface area contributed by atoms with Gasteiger partial charge in [0.25, 0.3) is 0 Å².